The van der Waals surface area contributed by atoms with Gasteiger partial charge in [0.05, 0.1) is 16.4 Å². The number of para-hydroxylation sites is 1. The summed E-state index contributed by atoms with van der Waals surface area (Å²) in [5, 5.41) is 4.41. The Balaban J connectivity index is 1.89. The molecule has 0 aliphatic carbocycles. The lowest BCUT2D eigenvalue weighted by molar-refractivity contribution is 0.173. The lowest BCUT2D eigenvalue weighted by atomic mass is 10.0. The summed E-state index contributed by atoms with van der Waals surface area (Å²) in [6.07, 6.45) is 3.65. The predicted octanol–water partition coefficient (Wildman–Crippen LogP) is 2.56. The molecule has 5 nitrogen and oxygen atoms in total. The summed E-state index contributed by atoms with van der Waals surface area (Å²) in [4.78, 5) is 0. The van der Waals surface area contributed by atoms with Gasteiger partial charge in [-0.25, -0.2) is 5.43 Å². The highest BCUT2D eigenvalue weighted by Gasteiger charge is 2.33. The quantitative estimate of drug-likeness (QED) is 0.642. The van der Waals surface area contributed by atoms with E-state index in [-0.39, 0.29) is 12.1 Å². The van der Waals surface area contributed by atoms with Gasteiger partial charge in [-0.05, 0) is 34.0 Å². The fraction of sp³-hybridized carbons (Fsp3) is 0.400. The number of aromatic nitrogens is 2. The molecule has 1 aliphatic rings. The van der Waals surface area contributed by atoms with E-state index < -0.39 is 0 Å². The Bertz CT molecular complexity index is 603. The molecular formula is C15H19BrN4O. The fourth-order valence-electron chi connectivity index (χ4n) is 2.83. The first kappa shape index (κ1) is 14.6. The minimum Gasteiger partial charge on any atom is -0.488 e. The van der Waals surface area contributed by atoms with E-state index in [0.717, 1.165) is 35.3 Å². The number of nitrogens with zero attached hydrogens (tertiary/aromatic N) is 2. The predicted molar refractivity (Wildman–Crippen MR) is 84.8 cm³/mol. The summed E-state index contributed by atoms with van der Waals surface area (Å²) in [6, 6.07) is 8.01. The number of fused-ring (bicyclic) bond motifs is 1. The van der Waals surface area contributed by atoms with E-state index in [1.807, 2.05) is 29.1 Å². The molecule has 112 valence electrons. The van der Waals surface area contributed by atoms with Crippen LogP contribution in [0, 0.1) is 0 Å². The van der Waals surface area contributed by atoms with Crippen LogP contribution in [-0.4, -0.2) is 15.9 Å². The Morgan fingerprint density at radius 2 is 2.33 bits per heavy atom. The third-order valence-electron chi connectivity index (χ3n) is 3.79. The van der Waals surface area contributed by atoms with Gasteiger partial charge in [0.1, 0.15) is 17.9 Å². The van der Waals surface area contributed by atoms with Crippen LogP contribution in [0.1, 0.15) is 30.6 Å². The topological polar surface area (TPSA) is 65.1 Å². The van der Waals surface area contributed by atoms with Gasteiger partial charge in [0, 0.05) is 13.0 Å². The largest absolute Gasteiger partial charge is 0.488 e. The summed E-state index contributed by atoms with van der Waals surface area (Å²) >= 11 is 3.58. The van der Waals surface area contributed by atoms with E-state index in [4.69, 9.17) is 10.6 Å². The summed E-state index contributed by atoms with van der Waals surface area (Å²) in [5.41, 5.74) is 5.17. The average Bonchev–Trinajstić information content (AvgIpc) is 3.06. The Kier molecular flexibility index (Phi) is 4.28. The molecule has 3 N–H and O–H groups in total. The minimum atomic E-state index is -0.110. The first-order valence-electron chi connectivity index (χ1n) is 7.16. The Morgan fingerprint density at radius 1 is 1.52 bits per heavy atom. The SMILES string of the molecule is CCCn1ncc(Br)c1C(NN)C1Cc2ccccc2O1. The van der Waals surface area contributed by atoms with Gasteiger partial charge in [0.15, 0.2) is 0 Å². The van der Waals surface area contributed by atoms with Crippen molar-refractivity contribution in [3.05, 3.63) is 46.2 Å². The number of benzene rings is 1. The zero-order chi connectivity index (χ0) is 14.8. The fourth-order valence-corrected chi connectivity index (χ4v) is 3.37. The molecule has 2 unspecified atom stereocenters. The number of nitrogens with one attached hydrogen (secondary N) is 1. The maximum absolute atomic E-state index is 6.07. The number of halogens is 1. The van der Waals surface area contributed by atoms with Crippen molar-refractivity contribution >= 4 is 15.9 Å². The molecular weight excluding hydrogens is 332 g/mol. The zero-order valence-electron chi connectivity index (χ0n) is 11.9. The molecule has 0 amide bonds. The van der Waals surface area contributed by atoms with Crippen LogP contribution in [0.15, 0.2) is 34.9 Å². The van der Waals surface area contributed by atoms with Crippen molar-refractivity contribution in [3.8, 4) is 5.75 Å². The molecule has 21 heavy (non-hydrogen) atoms. The first-order chi connectivity index (χ1) is 10.2. The van der Waals surface area contributed by atoms with Crippen LogP contribution < -0.4 is 16.0 Å². The van der Waals surface area contributed by atoms with Gasteiger partial charge >= 0.3 is 0 Å². The van der Waals surface area contributed by atoms with Crippen LogP contribution in [0.3, 0.4) is 0 Å². The van der Waals surface area contributed by atoms with Gasteiger partial charge in [0.2, 0.25) is 0 Å². The van der Waals surface area contributed by atoms with Crippen LogP contribution in [0.4, 0.5) is 0 Å². The maximum atomic E-state index is 6.07. The number of aryl methyl sites for hydroxylation is 1. The second-order valence-corrected chi connectivity index (χ2v) is 6.07. The molecule has 2 atom stereocenters. The second-order valence-electron chi connectivity index (χ2n) is 5.21. The summed E-state index contributed by atoms with van der Waals surface area (Å²) in [6.45, 7) is 2.99. The molecule has 1 aliphatic heterocycles. The van der Waals surface area contributed by atoms with Crippen molar-refractivity contribution in [2.45, 2.75) is 38.5 Å². The van der Waals surface area contributed by atoms with Gasteiger partial charge in [0.25, 0.3) is 0 Å². The van der Waals surface area contributed by atoms with Crippen molar-refractivity contribution in [1.29, 1.82) is 0 Å². The highest BCUT2D eigenvalue weighted by Crippen LogP contribution is 2.35. The minimum absolute atomic E-state index is 0.0315. The lowest BCUT2D eigenvalue weighted by Gasteiger charge is -2.24. The van der Waals surface area contributed by atoms with Gasteiger partial charge < -0.3 is 4.74 Å². The maximum Gasteiger partial charge on any atom is 0.125 e. The molecule has 0 saturated carbocycles. The molecule has 1 aromatic carbocycles. The lowest BCUT2D eigenvalue weighted by Crippen LogP contribution is -2.40. The van der Waals surface area contributed by atoms with Crippen molar-refractivity contribution in [2.75, 3.05) is 0 Å². The van der Waals surface area contributed by atoms with Crippen LogP contribution in [0.5, 0.6) is 5.75 Å². The Morgan fingerprint density at radius 3 is 3.05 bits per heavy atom. The third kappa shape index (κ3) is 2.71. The Hall–Kier alpha value is -1.37. The number of hydrogen-bond acceptors (Lipinski definition) is 4. The van der Waals surface area contributed by atoms with Crippen LogP contribution in [-0.2, 0) is 13.0 Å². The normalized spacial score (nSPS) is 18.3. The van der Waals surface area contributed by atoms with Crippen molar-refractivity contribution < 1.29 is 4.74 Å². The zero-order valence-corrected chi connectivity index (χ0v) is 13.5. The van der Waals surface area contributed by atoms with E-state index in [1.54, 1.807) is 0 Å². The molecule has 1 aromatic heterocycles. The van der Waals surface area contributed by atoms with E-state index >= 15 is 0 Å². The number of rotatable bonds is 5. The Labute approximate surface area is 132 Å². The highest BCUT2D eigenvalue weighted by molar-refractivity contribution is 9.10. The number of ether oxygens (including phenoxy) is 1. The summed E-state index contributed by atoms with van der Waals surface area (Å²) < 4.78 is 9.01. The first-order valence-corrected chi connectivity index (χ1v) is 7.95. The van der Waals surface area contributed by atoms with Crippen molar-refractivity contribution in [3.63, 3.8) is 0 Å². The molecule has 0 spiro atoms. The summed E-state index contributed by atoms with van der Waals surface area (Å²) in [7, 11) is 0. The number of hydrazine groups is 1. The standard InChI is InChI=1S/C15H19BrN4O/c1-2-7-20-15(11(16)9-18-20)14(19-17)13-8-10-5-3-4-6-12(10)21-13/h3-6,9,13-14,19H,2,7-8,17H2,1H3. The average molecular weight is 351 g/mol. The molecule has 6 heteroatoms. The molecule has 0 bridgehead atoms. The van der Waals surface area contributed by atoms with Gasteiger partial charge in [-0.2, -0.15) is 5.10 Å². The molecule has 2 heterocycles. The monoisotopic (exact) mass is 350 g/mol. The van der Waals surface area contributed by atoms with Crippen LogP contribution in [0.2, 0.25) is 0 Å². The van der Waals surface area contributed by atoms with E-state index in [2.05, 4.69) is 39.4 Å². The smallest absolute Gasteiger partial charge is 0.125 e. The van der Waals surface area contributed by atoms with Crippen molar-refractivity contribution in [1.82, 2.24) is 15.2 Å². The highest BCUT2D eigenvalue weighted by atomic mass is 79.9. The van der Waals surface area contributed by atoms with E-state index in [0.29, 0.717) is 0 Å². The molecule has 0 fully saturated rings. The molecule has 0 saturated heterocycles. The van der Waals surface area contributed by atoms with E-state index in [9.17, 15) is 0 Å². The van der Waals surface area contributed by atoms with Gasteiger partial charge in [-0.1, -0.05) is 25.1 Å². The molecule has 2 aromatic rings. The molecule has 0 radical (unpaired) electrons. The molecule has 3 rings (SSSR count). The van der Waals surface area contributed by atoms with E-state index in [1.165, 1.54) is 5.56 Å². The second kappa shape index (κ2) is 6.17. The van der Waals surface area contributed by atoms with Gasteiger partial charge in [-0.15, -0.1) is 0 Å². The number of hydrogen-bond donors (Lipinski definition) is 2. The van der Waals surface area contributed by atoms with Crippen LogP contribution in [0.25, 0.3) is 0 Å². The summed E-state index contributed by atoms with van der Waals surface area (Å²) in [5.74, 6) is 6.77. The van der Waals surface area contributed by atoms with Crippen LogP contribution >= 0.6 is 15.9 Å². The van der Waals surface area contributed by atoms with Gasteiger partial charge in [-0.3, -0.25) is 10.5 Å². The third-order valence-corrected chi connectivity index (χ3v) is 4.40. The van der Waals surface area contributed by atoms with Crippen molar-refractivity contribution in [2.24, 2.45) is 5.84 Å². The number of nitrogens with two attached hydrogens (primary N) is 1.